The van der Waals surface area contributed by atoms with Crippen molar-refractivity contribution < 1.29 is 4.74 Å². The molecule has 106 valence electrons. The van der Waals surface area contributed by atoms with E-state index in [1.807, 2.05) is 23.7 Å². The summed E-state index contributed by atoms with van der Waals surface area (Å²) in [6.45, 7) is 3.90. The van der Waals surface area contributed by atoms with Gasteiger partial charge < -0.3 is 4.74 Å². The van der Waals surface area contributed by atoms with E-state index in [0.29, 0.717) is 6.10 Å². The van der Waals surface area contributed by atoms with Gasteiger partial charge in [-0.1, -0.05) is 6.07 Å². The molecule has 0 saturated carbocycles. The largest absolute Gasteiger partial charge is 0.377 e. The van der Waals surface area contributed by atoms with Crippen molar-refractivity contribution >= 4 is 11.3 Å². The van der Waals surface area contributed by atoms with E-state index in [1.54, 1.807) is 0 Å². The number of pyridine rings is 1. The zero-order valence-corrected chi connectivity index (χ0v) is 12.4. The van der Waals surface area contributed by atoms with Crippen LogP contribution in [0.2, 0.25) is 0 Å². The molecule has 20 heavy (non-hydrogen) atoms. The Bertz CT molecular complexity index is 494. The Labute approximate surface area is 124 Å². The maximum Gasteiger partial charge on any atom is 0.0703 e. The molecular formula is C16H20N2OS. The monoisotopic (exact) mass is 288 g/mol. The van der Waals surface area contributed by atoms with Crippen molar-refractivity contribution in [3.8, 4) is 0 Å². The van der Waals surface area contributed by atoms with Crippen molar-refractivity contribution in [3.63, 3.8) is 0 Å². The average Bonchev–Trinajstić information content (AvgIpc) is 3.13. The summed E-state index contributed by atoms with van der Waals surface area (Å²) in [4.78, 5) is 7.99. The minimum absolute atomic E-state index is 0.400. The van der Waals surface area contributed by atoms with Gasteiger partial charge in [-0.3, -0.25) is 9.88 Å². The van der Waals surface area contributed by atoms with E-state index < -0.39 is 0 Å². The highest BCUT2D eigenvalue weighted by molar-refractivity contribution is 7.09. The molecule has 1 aliphatic rings. The summed E-state index contributed by atoms with van der Waals surface area (Å²) in [5.74, 6) is 0. The Hall–Kier alpha value is -1.23. The van der Waals surface area contributed by atoms with Crippen LogP contribution in [0.5, 0.6) is 0 Å². The van der Waals surface area contributed by atoms with Crippen molar-refractivity contribution in [1.29, 1.82) is 0 Å². The normalized spacial score (nSPS) is 18.8. The Morgan fingerprint density at radius 1 is 1.25 bits per heavy atom. The molecule has 2 aromatic heterocycles. The third-order valence-electron chi connectivity index (χ3n) is 3.60. The van der Waals surface area contributed by atoms with E-state index >= 15 is 0 Å². The molecule has 3 rings (SSSR count). The van der Waals surface area contributed by atoms with E-state index in [9.17, 15) is 0 Å². The summed E-state index contributed by atoms with van der Waals surface area (Å²) in [6, 6.07) is 8.52. The van der Waals surface area contributed by atoms with Crippen molar-refractivity contribution in [1.82, 2.24) is 9.88 Å². The molecular weight excluding hydrogens is 268 g/mol. The van der Waals surface area contributed by atoms with E-state index in [1.165, 1.54) is 23.3 Å². The highest BCUT2D eigenvalue weighted by atomic mass is 32.1. The molecule has 0 amide bonds. The van der Waals surface area contributed by atoms with Gasteiger partial charge in [0.15, 0.2) is 0 Å². The Balaban J connectivity index is 1.65. The van der Waals surface area contributed by atoms with Crippen LogP contribution < -0.4 is 0 Å². The first-order valence-corrected chi connectivity index (χ1v) is 8.03. The summed E-state index contributed by atoms with van der Waals surface area (Å²) in [6.07, 6.45) is 6.52. The van der Waals surface area contributed by atoms with Gasteiger partial charge in [-0.15, -0.1) is 11.3 Å². The van der Waals surface area contributed by atoms with Gasteiger partial charge in [-0.25, -0.2) is 0 Å². The van der Waals surface area contributed by atoms with Gasteiger partial charge in [0.2, 0.25) is 0 Å². The second-order valence-electron chi connectivity index (χ2n) is 5.24. The molecule has 3 nitrogen and oxygen atoms in total. The molecule has 0 bridgehead atoms. The fourth-order valence-corrected chi connectivity index (χ4v) is 3.38. The Kier molecular flexibility index (Phi) is 4.79. The predicted octanol–water partition coefficient (Wildman–Crippen LogP) is 3.32. The number of thiophene rings is 1. The van der Waals surface area contributed by atoms with Crippen LogP contribution in [-0.2, 0) is 17.8 Å². The molecule has 1 saturated heterocycles. The smallest absolute Gasteiger partial charge is 0.0703 e. The molecule has 1 fully saturated rings. The molecule has 0 aliphatic carbocycles. The molecule has 0 radical (unpaired) electrons. The van der Waals surface area contributed by atoms with Gasteiger partial charge in [0.25, 0.3) is 0 Å². The van der Waals surface area contributed by atoms with Crippen LogP contribution in [0.25, 0.3) is 0 Å². The van der Waals surface area contributed by atoms with E-state index in [2.05, 4.69) is 39.5 Å². The second kappa shape index (κ2) is 6.97. The number of rotatable bonds is 6. The Morgan fingerprint density at radius 2 is 2.15 bits per heavy atom. The van der Waals surface area contributed by atoms with Crippen LogP contribution in [0.15, 0.2) is 42.0 Å². The minimum Gasteiger partial charge on any atom is -0.377 e. The van der Waals surface area contributed by atoms with Gasteiger partial charge >= 0.3 is 0 Å². The second-order valence-corrected chi connectivity index (χ2v) is 6.27. The predicted molar refractivity (Wildman–Crippen MR) is 81.6 cm³/mol. The number of ether oxygens (including phenoxy) is 1. The standard InChI is InChI=1S/C16H20N2OS/c1-3-15(19-9-1)12-18(13-16-4-2-10-20-16)11-14-5-7-17-8-6-14/h2,4-8,10,15H,1,3,9,11-13H2/t15-/m1/s1. The van der Waals surface area contributed by atoms with Crippen LogP contribution >= 0.6 is 11.3 Å². The van der Waals surface area contributed by atoms with Crippen molar-refractivity contribution in [3.05, 3.63) is 52.5 Å². The number of hydrogen-bond acceptors (Lipinski definition) is 4. The summed E-state index contributed by atoms with van der Waals surface area (Å²) >= 11 is 1.82. The maximum atomic E-state index is 5.79. The summed E-state index contributed by atoms with van der Waals surface area (Å²) in [5, 5.41) is 2.14. The molecule has 0 spiro atoms. The van der Waals surface area contributed by atoms with Crippen LogP contribution in [0, 0.1) is 0 Å². The first kappa shape index (κ1) is 13.7. The van der Waals surface area contributed by atoms with Gasteiger partial charge in [0, 0.05) is 43.5 Å². The van der Waals surface area contributed by atoms with Crippen molar-refractivity contribution in [2.75, 3.05) is 13.2 Å². The maximum absolute atomic E-state index is 5.79. The van der Waals surface area contributed by atoms with E-state index in [0.717, 1.165) is 26.2 Å². The summed E-state index contributed by atoms with van der Waals surface area (Å²) in [5.41, 5.74) is 1.31. The van der Waals surface area contributed by atoms with E-state index in [-0.39, 0.29) is 0 Å². The lowest BCUT2D eigenvalue weighted by Gasteiger charge is -2.24. The lowest BCUT2D eigenvalue weighted by Crippen LogP contribution is -2.31. The van der Waals surface area contributed by atoms with Crippen LogP contribution in [-0.4, -0.2) is 29.1 Å². The molecule has 1 aliphatic heterocycles. The summed E-state index contributed by atoms with van der Waals surface area (Å²) < 4.78 is 5.79. The van der Waals surface area contributed by atoms with Gasteiger partial charge in [0.05, 0.1) is 6.10 Å². The van der Waals surface area contributed by atoms with E-state index in [4.69, 9.17) is 4.74 Å². The number of hydrogen-bond donors (Lipinski definition) is 0. The average molecular weight is 288 g/mol. The molecule has 3 heterocycles. The molecule has 4 heteroatoms. The lowest BCUT2D eigenvalue weighted by atomic mass is 10.2. The van der Waals surface area contributed by atoms with Crippen molar-refractivity contribution in [2.24, 2.45) is 0 Å². The van der Waals surface area contributed by atoms with Crippen LogP contribution in [0.4, 0.5) is 0 Å². The van der Waals surface area contributed by atoms with Crippen molar-refractivity contribution in [2.45, 2.75) is 32.0 Å². The highest BCUT2D eigenvalue weighted by Gasteiger charge is 2.19. The SMILES string of the molecule is c1csc(CN(Cc2ccncc2)C[C@H]2CCCO2)c1. The lowest BCUT2D eigenvalue weighted by molar-refractivity contribution is 0.0682. The highest BCUT2D eigenvalue weighted by Crippen LogP contribution is 2.18. The molecule has 0 aromatic carbocycles. The minimum atomic E-state index is 0.400. The number of nitrogens with zero attached hydrogens (tertiary/aromatic N) is 2. The first-order valence-electron chi connectivity index (χ1n) is 7.15. The third-order valence-corrected chi connectivity index (χ3v) is 4.46. The summed E-state index contributed by atoms with van der Waals surface area (Å²) in [7, 11) is 0. The fourth-order valence-electron chi connectivity index (χ4n) is 2.63. The van der Waals surface area contributed by atoms with Gasteiger partial charge in [-0.2, -0.15) is 0 Å². The number of aromatic nitrogens is 1. The van der Waals surface area contributed by atoms with Gasteiger partial charge in [-0.05, 0) is 42.0 Å². The zero-order valence-electron chi connectivity index (χ0n) is 11.6. The quantitative estimate of drug-likeness (QED) is 0.815. The van der Waals surface area contributed by atoms with Gasteiger partial charge in [0.1, 0.15) is 0 Å². The molecule has 2 aromatic rings. The topological polar surface area (TPSA) is 25.4 Å². The molecule has 1 atom stereocenters. The first-order chi connectivity index (χ1) is 9.90. The third kappa shape index (κ3) is 3.88. The Morgan fingerprint density at radius 3 is 2.85 bits per heavy atom. The van der Waals surface area contributed by atoms with Crippen LogP contribution in [0.1, 0.15) is 23.3 Å². The molecule has 0 N–H and O–H groups in total. The fraction of sp³-hybridized carbons (Fsp3) is 0.438. The van der Waals surface area contributed by atoms with Crippen LogP contribution in [0.3, 0.4) is 0 Å². The molecule has 0 unspecified atom stereocenters. The zero-order chi connectivity index (χ0) is 13.6.